The smallest absolute Gasteiger partial charge is 0.141 e. The maximum atomic E-state index is 10.1. The second-order valence-corrected chi connectivity index (χ2v) is 7.66. The summed E-state index contributed by atoms with van der Waals surface area (Å²) in [5.74, 6) is 0.919. The van der Waals surface area contributed by atoms with Crippen molar-refractivity contribution in [1.29, 1.82) is 5.26 Å². The van der Waals surface area contributed by atoms with Crippen molar-refractivity contribution in [3.05, 3.63) is 70.9 Å². The molecule has 1 heterocycles. The Morgan fingerprint density at radius 3 is 2.31 bits per heavy atom. The van der Waals surface area contributed by atoms with E-state index in [1.165, 1.54) is 5.56 Å². The average molecular weight is 436 g/mol. The number of nitriles is 1. The van der Waals surface area contributed by atoms with Gasteiger partial charge in [-0.2, -0.15) is 5.26 Å². The first-order chi connectivity index (χ1) is 15.4. The van der Waals surface area contributed by atoms with Gasteiger partial charge in [0.05, 0.1) is 18.7 Å². The highest BCUT2D eigenvalue weighted by Crippen LogP contribution is 2.29. The number of benzene rings is 2. The number of hydrogen-bond acceptors (Lipinski definition) is 5. The first-order valence-corrected chi connectivity index (χ1v) is 11.2. The first kappa shape index (κ1) is 27.1. The zero-order chi connectivity index (χ0) is 24.1. The summed E-state index contributed by atoms with van der Waals surface area (Å²) < 4.78 is 5.44. The van der Waals surface area contributed by atoms with Crippen LogP contribution in [0.25, 0.3) is 10.9 Å². The molecule has 3 rings (SSSR count). The van der Waals surface area contributed by atoms with E-state index < -0.39 is 6.10 Å². The average Bonchev–Trinajstić information content (AvgIpc) is 2.81. The van der Waals surface area contributed by atoms with Crippen LogP contribution in [0.5, 0.6) is 5.75 Å². The van der Waals surface area contributed by atoms with Gasteiger partial charge in [-0.3, -0.25) is 0 Å². The number of hydrogen-bond donors (Lipinski definition) is 2. The van der Waals surface area contributed by atoms with E-state index in [1.54, 1.807) is 13.2 Å². The van der Waals surface area contributed by atoms with Crippen LogP contribution in [0.3, 0.4) is 0 Å². The Labute approximate surface area is 192 Å². The highest BCUT2D eigenvalue weighted by atomic mass is 16.5. The highest BCUT2D eigenvalue weighted by molar-refractivity contribution is 5.85. The molecule has 3 aromatic rings. The number of pyridine rings is 1. The molecule has 3 N–H and O–H groups in total. The molecule has 2 aromatic carbocycles. The van der Waals surface area contributed by atoms with Crippen molar-refractivity contribution in [2.45, 2.75) is 53.6 Å². The highest BCUT2D eigenvalue weighted by Gasteiger charge is 2.15. The van der Waals surface area contributed by atoms with Gasteiger partial charge in [-0.25, -0.2) is 4.98 Å². The number of ether oxygens (including phenoxy) is 1. The lowest BCUT2D eigenvalue weighted by atomic mass is 9.96. The standard InChI is InChI=1S/C17H20N2O2.C8H11N.C2H6/c1-10(2)16(20)7-12-6-15-14(8-17(12)21-4)11(3)5-13(9-18)19-15;9-7-6-8-4-2-1-3-5-8;1-2/h5-6,8,10,16,20H,7H2,1-4H3;1-5H,6-7,9H2;1-2H3. The van der Waals surface area contributed by atoms with Crippen molar-refractivity contribution >= 4 is 10.9 Å². The third-order valence-corrected chi connectivity index (χ3v) is 5.01. The van der Waals surface area contributed by atoms with Gasteiger partial charge in [0.15, 0.2) is 0 Å². The van der Waals surface area contributed by atoms with Crippen LogP contribution in [-0.4, -0.2) is 29.8 Å². The van der Waals surface area contributed by atoms with Gasteiger partial charge >= 0.3 is 0 Å². The molecule has 5 nitrogen and oxygen atoms in total. The van der Waals surface area contributed by atoms with E-state index in [4.69, 9.17) is 15.7 Å². The Morgan fingerprint density at radius 1 is 1.12 bits per heavy atom. The van der Waals surface area contributed by atoms with Crippen LogP contribution in [-0.2, 0) is 12.8 Å². The van der Waals surface area contributed by atoms with Gasteiger partial charge in [0, 0.05) is 11.8 Å². The maximum absolute atomic E-state index is 10.1. The molecule has 0 bridgehead atoms. The first-order valence-electron chi connectivity index (χ1n) is 11.2. The summed E-state index contributed by atoms with van der Waals surface area (Å²) in [6.45, 7) is 10.7. The van der Waals surface area contributed by atoms with Gasteiger partial charge in [0.25, 0.3) is 0 Å². The SMILES string of the molecule is CC.COc1cc2c(C)cc(C#N)nc2cc1CC(O)C(C)C.NCCc1ccccc1. The van der Waals surface area contributed by atoms with Crippen molar-refractivity contribution in [2.24, 2.45) is 11.7 Å². The molecule has 1 atom stereocenters. The van der Waals surface area contributed by atoms with Crippen molar-refractivity contribution in [1.82, 2.24) is 4.98 Å². The Hall–Kier alpha value is -2.94. The molecule has 0 aliphatic heterocycles. The van der Waals surface area contributed by atoms with Gasteiger partial charge in [0.2, 0.25) is 0 Å². The Balaban J connectivity index is 0.000000388. The fourth-order valence-electron chi connectivity index (χ4n) is 3.14. The lowest BCUT2D eigenvalue weighted by Gasteiger charge is -2.17. The fraction of sp³-hybridized carbons (Fsp3) is 0.407. The van der Waals surface area contributed by atoms with Crippen LogP contribution in [0.1, 0.15) is 50.1 Å². The topological polar surface area (TPSA) is 92.2 Å². The molecular formula is C27H37N3O2. The number of aliphatic hydroxyl groups excluding tert-OH is 1. The number of aromatic nitrogens is 1. The molecule has 0 aliphatic rings. The van der Waals surface area contributed by atoms with Crippen LogP contribution >= 0.6 is 0 Å². The van der Waals surface area contributed by atoms with Gasteiger partial charge < -0.3 is 15.6 Å². The number of nitrogens with zero attached hydrogens (tertiary/aromatic N) is 2. The molecule has 32 heavy (non-hydrogen) atoms. The van der Waals surface area contributed by atoms with Gasteiger partial charge in [-0.1, -0.05) is 58.0 Å². The number of methoxy groups -OCH3 is 1. The summed E-state index contributed by atoms with van der Waals surface area (Å²) in [6.07, 6.45) is 1.06. The number of rotatable bonds is 6. The summed E-state index contributed by atoms with van der Waals surface area (Å²) in [4.78, 5) is 4.34. The van der Waals surface area contributed by atoms with Gasteiger partial charge in [-0.05, 0) is 60.7 Å². The third kappa shape index (κ3) is 7.96. The molecule has 0 amide bonds. The second kappa shape index (κ2) is 14.2. The predicted molar refractivity (Wildman–Crippen MR) is 133 cm³/mol. The van der Waals surface area contributed by atoms with Crippen LogP contribution in [0, 0.1) is 24.2 Å². The van der Waals surface area contributed by atoms with Crippen molar-refractivity contribution in [3.8, 4) is 11.8 Å². The lowest BCUT2D eigenvalue weighted by Crippen LogP contribution is -2.18. The van der Waals surface area contributed by atoms with Crippen molar-refractivity contribution in [3.63, 3.8) is 0 Å². The van der Waals surface area contributed by atoms with Crippen LogP contribution in [0.2, 0.25) is 0 Å². The molecule has 1 aromatic heterocycles. The summed E-state index contributed by atoms with van der Waals surface area (Å²) in [7, 11) is 1.62. The predicted octanol–water partition coefficient (Wildman–Crippen LogP) is 5.20. The van der Waals surface area contributed by atoms with E-state index in [9.17, 15) is 5.11 Å². The van der Waals surface area contributed by atoms with Crippen LogP contribution in [0.15, 0.2) is 48.5 Å². The third-order valence-electron chi connectivity index (χ3n) is 5.01. The van der Waals surface area contributed by atoms with Gasteiger partial charge in [-0.15, -0.1) is 0 Å². The normalized spacial score (nSPS) is 11.0. The van der Waals surface area contributed by atoms with E-state index in [0.29, 0.717) is 12.1 Å². The fourth-order valence-corrected chi connectivity index (χ4v) is 3.14. The molecule has 0 fully saturated rings. The van der Waals surface area contributed by atoms with Gasteiger partial charge in [0.1, 0.15) is 17.5 Å². The number of nitrogens with two attached hydrogens (primary N) is 1. The Kier molecular flexibility index (Phi) is 12.0. The summed E-state index contributed by atoms with van der Waals surface area (Å²) in [5.41, 5.74) is 9.75. The summed E-state index contributed by atoms with van der Waals surface area (Å²) in [5, 5.41) is 20.1. The number of fused-ring (bicyclic) bond motifs is 1. The minimum Gasteiger partial charge on any atom is -0.496 e. The molecule has 0 aliphatic carbocycles. The maximum Gasteiger partial charge on any atom is 0.141 e. The minimum atomic E-state index is -0.434. The Bertz CT molecular complexity index is 995. The molecular weight excluding hydrogens is 398 g/mol. The van der Waals surface area contributed by atoms with Crippen LogP contribution < -0.4 is 10.5 Å². The van der Waals surface area contributed by atoms with E-state index in [0.717, 1.165) is 40.7 Å². The second-order valence-electron chi connectivity index (χ2n) is 7.66. The quantitative estimate of drug-likeness (QED) is 0.555. The monoisotopic (exact) mass is 435 g/mol. The van der Waals surface area contributed by atoms with E-state index >= 15 is 0 Å². The van der Waals surface area contributed by atoms with Crippen molar-refractivity contribution < 1.29 is 9.84 Å². The number of aliphatic hydroxyl groups is 1. The number of aryl methyl sites for hydroxylation is 1. The van der Waals surface area contributed by atoms with E-state index in [-0.39, 0.29) is 5.92 Å². The molecule has 0 radical (unpaired) electrons. The molecule has 1 unspecified atom stereocenters. The minimum absolute atomic E-state index is 0.172. The summed E-state index contributed by atoms with van der Waals surface area (Å²) in [6, 6.07) is 17.9. The molecule has 0 saturated carbocycles. The molecule has 5 heteroatoms. The summed E-state index contributed by atoms with van der Waals surface area (Å²) >= 11 is 0. The zero-order valence-corrected chi connectivity index (χ0v) is 20.2. The Morgan fingerprint density at radius 2 is 1.78 bits per heavy atom. The van der Waals surface area contributed by atoms with Crippen LogP contribution in [0.4, 0.5) is 0 Å². The molecule has 0 spiro atoms. The van der Waals surface area contributed by atoms with Crippen molar-refractivity contribution in [2.75, 3.05) is 13.7 Å². The lowest BCUT2D eigenvalue weighted by molar-refractivity contribution is 0.125. The zero-order valence-electron chi connectivity index (χ0n) is 20.2. The molecule has 0 saturated heterocycles. The van der Waals surface area contributed by atoms with E-state index in [1.807, 2.05) is 65.0 Å². The van der Waals surface area contributed by atoms with E-state index in [2.05, 4.69) is 23.2 Å². The largest absolute Gasteiger partial charge is 0.496 e. The molecule has 172 valence electrons.